The molecule has 1 unspecified atom stereocenters. The number of aromatic nitrogens is 1. The predicted molar refractivity (Wildman–Crippen MR) is 201 cm³/mol. The van der Waals surface area contributed by atoms with Gasteiger partial charge >= 0.3 is 14.2 Å². The van der Waals surface area contributed by atoms with Crippen LogP contribution in [0.5, 0.6) is 0 Å². The molecular weight excluding hydrogens is 618 g/mol. The van der Waals surface area contributed by atoms with E-state index >= 15 is 8.78 Å². The smallest absolute Gasteiger partial charge is 0.399 e. The zero-order chi connectivity index (χ0) is 35.8. The van der Waals surface area contributed by atoms with E-state index in [1.54, 1.807) is 12.1 Å². The van der Waals surface area contributed by atoms with Crippen molar-refractivity contribution in [3.63, 3.8) is 0 Å². The third-order valence-corrected chi connectivity index (χ3v) is 12.0. The van der Waals surface area contributed by atoms with Crippen molar-refractivity contribution >= 4 is 47.0 Å². The SMILES string of the molecule is CCCCCCCCC(CCCCCC)Cn1c2cc(B3OC(C)(C)C(C)(C)O3)c(F)cc2c2cc(F)c(B3OC(C)(C)C(C)(C)O3)cc21. The molecule has 1 atom stereocenters. The quantitative estimate of drug-likeness (QED) is 0.112. The summed E-state index contributed by atoms with van der Waals surface area (Å²) in [5.41, 5.74) is 0.0669. The highest BCUT2D eigenvalue weighted by molar-refractivity contribution is 6.63. The molecule has 2 aliphatic rings. The number of nitrogens with zero attached hydrogens (tertiary/aromatic N) is 1. The van der Waals surface area contributed by atoms with E-state index in [4.69, 9.17) is 18.6 Å². The van der Waals surface area contributed by atoms with E-state index in [1.165, 1.54) is 64.2 Å². The van der Waals surface area contributed by atoms with Crippen LogP contribution >= 0.6 is 0 Å². The Morgan fingerprint density at radius 1 is 0.551 bits per heavy atom. The van der Waals surface area contributed by atoms with Crippen LogP contribution in [0.1, 0.15) is 146 Å². The molecule has 3 aromatic rings. The zero-order valence-corrected chi connectivity index (χ0v) is 32.1. The maximum atomic E-state index is 16.1. The monoisotopic (exact) mass is 679 g/mol. The Morgan fingerprint density at radius 3 is 1.29 bits per heavy atom. The number of halogens is 2. The van der Waals surface area contributed by atoms with E-state index in [0.717, 1.165) is 30.4 Å². The lowest BCUT2D eigenvalue weighted by Gasteiger charge is -2.32. The van der Waals surface area contributed by atoms with E-state index in [0.29, 0.717) is 27.6 Å². The summed E-state index contributed by atoms with van der Waals surface area (Å²) in [5, 5.41) is 1.38. The average molecular weight is 680 g/mol. The van der Waals surface area contributed by atoms with Gasteiger partial charge in [-0.25, -0.2) is 8.78 Å². The molecule has 0 N–H and O–H groups in total. The summed E-state index contributed by atoms with van der Waals surface area (Å²) >= 11 is 0. The Kier molecular flexibility index (Phi) is 11.7. The van der Waals surface area contributed by atoms with Crippen LogP contribution in [0.2, 0.25) is 0 Å². The zero-order valence-electron chi connectivity index (χ0n) is 32.1. The van der Waals surface area contributed by atoms with Gasteiger partial charge in [-0.05, 0) is 98.4 Å². The number of hydrogen-bond donors (Lipinski definition) is 0. The lowest BCUT2D eigenvalue weighted by atomic mass is 9.77. The molecule has 3 heterocycles. The van der Waals surface area contributed by atoms with E-state index in [-0.39, 0.29) is 0 Å². The first-order chi connectivity index (χ1) is 23.0. The highest BCUT2D eigenvalue weighted by atomic mass is 19.1. The van der Waals surface area contributed by atoms with Crippen LogP contribution in [-0.4, -0.2) is 41.2 Å². The summed E-state index contributed by atoms with van der Waals surface area (Å²) in [5.74, 6) is -0.384. The van der Waals surface area contributed by atoms with Crippen LogP contribution in [0.25, 0.3) is 21.8 Å². The van der Waals surface area contributed by atoms with Gasteiger partial charge in [0.1, 0.15) is 11.6 Å². The molecule has 0 aliphatic carbocycles. The van der Waals surface area contributed by atoms with Crippen molar-refractivity contribution in [3.05, 3.63) is 35.9 Å². The van der Waals surface area contributed by atoms with Gasteiger partial charge in [-0.1, -0.05) is 78.1 Å². The van der Waals surface area contributed by atoms with Gasteiger partial charge in [0.05, 0.1) is 22.4 Å². The molecule has 2 aliphatic heterocycles. The van der Waals surface area contributed by atoms with Crippen molar-refractivity contribution in [2.45, 2.75) is 175 Å². The molecule has 9 heteroatoms. The highest BCUT2D eigenvalue weighted by Crippen LogP contribution is 2.40. The Hall–Kier alpha value is -1.93. The van der Waals surface area contributed by atoms with Crippen molar-refractivity contribution < 1.29 is 27.4 Å². The molecule has 0 saturated carbocycles. The number of fused-ring (bicyclic) bond motifs is 3. The Bertz CT molecular complexity index is 1470. The molecule has 270 valence electrons. The lowest BCUT2D eigenvalue weighted by molar-refractivity contribution is 0.00578. The molecule has 1 aromatic heterocycles. The molecule has 5 rings (SSSR count). The Balaban J connectivity index is 1.60. The first-order valence-corrected chi connectivity index (χ1v) is 19.2. The Labute approximate surface area is 295 Å². The van der Waals surface area contributed by atoms with Crippen molar-refractivity contribution in [2.75, 3.05) is 0 Å². The topological polar surface area (TPSA) is 41.9 Å². The van der Waals surface area contributed by atoms with Crippen molar-refractivity contribution in [2.24, 2.45) is 5.92 Å². The minimum atomic E-state index is -0.842. The minimum absolute atomic E-state index is 0.372. The van der Waals surface area contributed by atoms with Gasteiger partial charge in [-0.3, -0.25) is 0 Å². The van der Waals surface area contributed by atoms with Crippen LogP contribution in [0.3, 0.4) is 0 Å². The molecule has 0 radical (unpaired) electrons. The largest absolute Gasteiger partial charge is 0.497 e. The van der Waals surface area contributed by atoms with Gasteiger partial charge < -0.3 is 23.2 Å². The van der Waals surface area contributed by atoms with Crippen LogP contribution < -0.4 is 10.9 Å². The lowest BCUT2D eigenvalue weighted by Crippen LogP contribution is -2.41. The van der Waals surface area contributed by atoms with Crippen molar-refractivity contribution in [3.8, 4) is 0 Å². The highest BCUT2D eigenvalue weighted by Gasteiger charge is 2.54. The normalized spacial score (nSPS) is 20.2. The third-order valence-electron chi connectivity index (χ3n) is 12.0. The predicted octanol–water partition coefficient (Wildman–Crippen LogP) is 10.0. The summed E-state index contributed by atoms with van der Waals surface area (Å²) in [6.07, 6.45) is 14.7. The first kappa shape index (κ1) is 38.3. The summed E-state index contributed by atoms with van der Waals surface area (Å²) < 4.78 is 59.8. The van der Waals surface area contributed by atoms with E-state index < -0.39 is 48.3 Å². The third kappa shape index (κ3) is 7.95. The number of benzene rings is 2. The van der Waals surface area contributed by atoms with E-state index in [9.17, 15) is 0 Å². The number of rotatable bonds is 16. The second-order valence-corrected chi connectivity index (χ2v) is 16.8. The van der Waals surface area contributed by atoms with Gasteiger partial charge in [-0.15, -0.1) is 0 Å². The van der Waals surface area contributed by atoms with E-state index in [1.807, 2.05) is 67.5 Å². The molecular formula is C40H61B2F2NO4. The maximum absolute atomic E-state index is 16.1. The molecule has 2 aromatic carbocycles. The molecule has 5 nitrogen and oxygen atoms in total. The average Bonchev–Trinajstić information content (AvgIpc) is 3.51. The fourth-order valence-corrected chi connectivity index (χ4v) is 7.32. The van der Waals surface area contributed by atoms with Gasteiger partial charge in [-0.2, -0.15) is 0 Å². The summed E-state index contributed by atoms with van der Waals surface area (Å²) in [6, 6.07) is 6.87. The molecule has 0 bridgehead atoms. The molecule has 2 fully saturated rings. The van der Waals surface area contributed by atoms with Gasteiger partial charge in [0.25, 0.3) is 0 Å². The van der Waals surface area contributed by atoms with E-state index in [2.05, 4.69) is 18.4 Å². The molecule has 0 spiro atoms. The maximum Gasteiger partial charge on any atom is 0.497 e. The summed E-state index contributed by atoms with van der Waals surface area (Å²) in [6.45, 7) is 21.1. The van der Waals surface area contributed by atoms with Gasteiger partial charge in [0.15, 0.2) is 0 Å². The number of hydrogen-bond acceptors (Lipinski definition) is 4. The van der Waals surface area contributed by atoms with Crippen LogP contribution in [0, 0.1) is 17.6 Å². The molecule has 49 heavy (non-hydrogen) atoms. The second kappa shape index (κ2) is 15.0. The standard InChI is InChI=1S/C40H61B2F2NO4/c1-11-13-15-17-18-20-22-28(21-19-16-14-12-2)27-45-35-25-31(41-46-37(3,4)38(5,6)47-41)33(43)23-29(35)30-24-34(44)32(26-36(30)45)42-48-39(7,8)40(9,10)49-42/h23-26,28H,11-22,27H2,1-10H3. The van der Waals surface area contributed by atoms with Crippen LogP contribution in [0.4, 0.5) is 8.78 Å². The first-order valence-electron chi connectivity index (χ1n) is 19.2. The van der Waals surface area contributed by atoms with Crippen LogP contribution in [-0.2, 0) is 25.2 Å². The fraction of sp³-hybridized carbons (Fsp3) is 0.700. The second-order valence-electron chi connectivity index (χ2n) is 16.8. The van der Waals surface area contributed by atoms with Crippen LogP contribution in [0.15, 0.2) is 24.3 Å². The fourth-order valence-electron chi connectivity index (χ4n) is 7.32. The Morgan fingerprint density at radius 2 is 0.898 bits per heavy atom. The summed E-state index contributed by atoms with van der Waals surface area (Å²) in [4.78, 5) is 0. The van der Waals surface area contributed by atoms with Crippen molar-refractivity contribution in [1.29, 1.82) is 0 Å². The van der Waals surface area contributed by atoms with Crippen molar-refractivity contribution in [1.82, 2.24) is 4.57 Å². The van der Waals surface area contributed by atoms with Gasteiger partial charge in [0.2, 0.25) is 0 Å². The van der Waals surface area contributed by atoms with Gasteiger partial charge in [0, 0.05) is 39.3 Å². The molecule has 0 amide bonds. The summed E-state index contributed by atoms with van der Waals surface area (Å²) in [7, 11) is -1.68. The minimum Gasteiger partial charge on any atom is -0.399 e. The number of unbranched alkanes of at least 4 members (excludes halogenated alkanes) is 8. The molecule has 2 saturated heterocycles.